The zero-order valence-electron chi connectivity index (χ0n) is 17.5. The summed E-state index contributed by atoms with van der Waals surface area (Å²) in [5.74, 6) is 0.211. The SMILES string of the molecule is CC(C)c1ccc(S(=O)(=O)N2CCC(C(=O)NCCc3ccc(Cl)cc3)CC2)cc1. The van der Waals surface area contributed by atoms with Crippen molar-refractivity contribution in [2.45, 2.75) is 43.9 Å². The lowest BCUT2D eigenvalue weighted by Crippen LogP contribution is -2.43. The van der Waals surface area contributed by atoms with E-state index in [2.05, 4.69) is 19.2 Å². The van der Waals surface area contributed by atoms with Gasteiger partial charge in [-0.15, -0.1) is 0 Å². The molecule has 0 unspecified atom stereocenters. The minimum atomic E-state index is -3.52. The molecule has 7 heteroatoms. The van der Waals surface area contributed by atoms with Gasteiger partial charge in [0.2, 0.25) is 15.9 Å². The summed E-state index contributed by atoms with van der Waals surface area (Å²) >= 11 is 5.88. The lowest BCUT2D eigenvalue weighted by Gasteiger charge is -2.30. The average Bonchev–Trinajstić information content (AvgIpc) is 2.75. The van der Waals surface area contributed by atoms with E-state index in [-0.39, 0.29) is 11.8 Å². The van der Waals surface area contributed by atoms with E-state index in [1.807, 2.05) is 36.4 Å². The molecule has 3 rings (SSSR count). The fraction of sp³-hybridized carbons (Fsp3) is 0.435. The van der Waals surface area contributed by atoms with Gasteiger partial charge < -0.3 is 5.32 Å². The highest BCUT2D eigenvalue weighted by Crippen LogP contribution is 2.25. The number of amides is 1. The third kappa shape index (κ3) is 5.62. The first kappa shape index (κ1) is 22.8. The molecule has 1 fully saturated rings. The maximum Gasteiger partial charge on any atom is 0.243 e. The van der Waals surface area contributed by atoms with Crippen LogP contribution < -0.4 is 5.32 Å². The van der Waals surface area contributed by atoms with Crippen molar-refractivity contribution in [1.82, 2.24) is 9.62 Å². The van der Waals surface area contributed by atoms with Crippen LogP contribution in [0.4, 0.5) is 0 Å². The van der Waals surface area contributed by atoms with Crippen LogP contribution in [0.2, 0.25) is 5.02 Å². The molecule has 30 heavy (non-hydrogen) atoms. The van der Waals surface area contributed by atoms with Gasteiger partial charge in [0.15, 0.2) is 0 Å². The van der Waals surface area contributed by atoms with Gasteiger partial charge in [0.05, 0.1) is 4.90 Å². The van der Waals surface area contributed by atoms with Gasteiger partial charge in [-0.25, -0.2) is 8.42 Å². The van der Waals surface area contributed by atoms with Crippen LogP contribution in [0.3, 0.4) is 0 Å². The van der Waals surface area contributed by atoms with E-state index >= 15 is 0 Å². The van der Waals surface area contributed by atoms with Crippen molar-refractivity contribution in [1.29, 1.82) is 0 Å². The van der Waals surface area contributed by atoms with Crippen LogP contribution in [0.15, 0.2) is 53.4 Å². The Morgan fingerprint density at radius 1 is 1.07 bits per heavy atom. The van der Waals surface area contributed by atoms with Crippen molar-refractivity contribution in [3.05, 3.63) is 64.7 Å². The van der Waals surface area contributed by atoms with E-state index in [0.717, 1.165) is 17.5 Å². The van der Waals surface area contributed by atoms with Crippen molar-refractivity contribution >= 4 is 27.5 Å². The zero-order chi connectivity index (χ0) is 21.7. The molecule has 1 heterocycles. The highest BCUT2D eigenvalue weighted by Gasteiger charge is 2.32. The number of hydrogen-bond donors (Lipinski definition) is 1. The predicted molar refractivity (Wildman–Crippen MR) is 120 cm³/mol. The van der Waals surface area contributed by atoms with E-state index in [1.165, 1.54) is 4.31 Å². The summed E-state index contributed by atoms with van der Waals surface area (Å²) in [5.41, 5.74) is 2.23. The molecule has 1 N–H and O–H groups in total. The van der Waals surface area contributed by atoms with Crippen LogP contribution in [0.5, 0.6) is 0 Å². The Labute approximate surface area is 184 Å². The van der Waals surface area contributed by atoms with Gasteiger partial charge in [-0.1, -0.05) is 49.7 Å². The van der Waals surface area contributed by atoms with Gasteiger partial charge in [-0.05, 0) is 60.6 Å². The number of nitrogens with one attached hydrogen (secondary N) is 1. The number of rotatable bonds is 7. The van der Waals surface area contributed by atoms with E-state index in [1.54, 1.807) is 12.1 Å². The molecular formula is C23H29ClN2O3S. The second-order valence-electron chi connectivity index (χ2n) is 8.07. The molecule has 5 nitrogen and oxygen atoms in total. The second kappa shape index (κ2) is 9.94. The lowest BCUT2D eigenvalue weighted by molar-refractivity contribution is -0.126. The molecule has 1 saturated heterocycles. The maximum atomic E-state index is 12.9. The Morgan fingerprint density at radius 3 is 2.23 bits per heavy atom. The highest BCUT2D eigenvalue weighted by molar-refractivity contribution is 7.89. The largest absolute Gasteiger partial charge is 0.356 e. The Balaban J connectivity index is 1.49. The Morgan fingerprint density at radius 2 is 1.67 bits per heavy atom. The first-order valence-corrected chi connectivity index (χ1v) is 12.2. The number of piperidine rings is 1. The van der Waals surface area contributed by atoms with Gasteiger partial charge >= 0.3 is 0 Å². The van der Waals surface area contributed by atoms with Crippen LogP contribution in [0.1, 0.15) is 43.7 Å². The minimum Gasteiger partial charge on any atom is -0.356 e. The van der Waals surface area contributed by atoms with Crippen molar-refractivity contribution in [2.24, 2.45) is 5.92 Å². The van der Waals surface area contributed by atoms with E-state index in [0.29, 0.717) is 48.3 Å². The van der Waals surface area contributed by atoms with Gasteiger partial charge in [0.1, 0.15) is 0 Å². The van der Waals surface area contributed by atoms with Crippen molar-refractivity contribution in [2.75, 3.05) is 19.6 Å². The standard InChI is InChI=1S/C23H29ClN2O3S/c1-17(2)19-5-9-22(10-6-19)30(28,29)26-15-12-20(13-16-26)23(27)25-14-11-18-3-7-21(24)8-4-18/h3-10,17,20H,11-16H2,1-2H3,(H,25,27). The maximum absolute atomic E-state index is 12.9. The number of nitrogens with zero attached hydrogens (tertiary/aromatic N) is 1. The molecule has 0 atom stereocenters. The third-order valence-electron chi connectivity index (χ3n) is 5.64. The zero-order valence-corrected chi connectivity index (χ0v) is 19.0. The highest BCUT2D eigenvalue weighted by atomic mass is 35.5. The number of carbonyl (C=O) groups excluding carboxylic acids is 1. The van der Waals surface area contributed by atoms with E-state index < -0.39 is 10.0 Å². The Hall–Kier alpha value is -1.89. The van der Waals surface area contributed by atoms with E-state index in [4.69, 9.17) is 11.6 Å². The summed E-state index contributed by atoms with van der Waals surface area (Å²) in [6.45, 7) is 5.44. The molecule has 162 valence electrons. The van der Waals surface area contributed by atoms with Gasteiger partial charge in [-0.2, -0.15) is 4.31 Å². The van der Waals surface area contributed by atoms with E-state index in [9.17, 15) is 13.2 Å². The fourth-order valence-electron chi connectivity index (χ4n) is 3.66. The molecule has 0 spiro atoms. The molecule has 0 aliphatic carbocycles. The smallest absolute Gasteiger partial charge is 0.243 e. The number of halogens is 1. The topological polar surface area (TPSA) is 66.5 Å². The first-order valence-electron chi connectivity index (χ1n) is 10.4. The van der Waals surface area contributed by atoms with Crippen LogP contribution in [0, 0.1) is 5.92 Å². The lowest BCUT2D eigenvalue weighted by atomic mass is 9.97. The van der Waals surface area contributed by atoms with Crippen molar-refractivity contribution in [3.63, 3.8) is 0 Å². The fourth-order valence-corrected chi connectivity index (χ4v) is 5.25. The number of carbonyl (C=O) groups is 1. The molecule has 2 aromatic rings. The number of sulfonamides is 1. The second-order valence-corrected chi connectivity index (χ2v) is 10.4. The predicted octanol–water partition coefficient (Wildman–Crippen LogP) is 4.22. The Kier molecular flexibility index (Phi) is 7.55. The molecule has 1 aliphatic heterocycles. The summed E-state index contributed by atoms with van der Waals surface area (Å²) in [4.78, 5) is 12.8. The summed E-state index contributed by atoms with van der Waals surface area (Å²) in [5, 5.41) is 3.67. The normalized spacial score (nSPS) is 16.0. The summed E-state index contributed by atoms with van der Waals surface area (Å²) in [7, 11) is -3.52. The van der Waals surface area contributed by atoms with Gasteiger partial charge in [0.25, 0.3) is 0 Å². The summed E-state index contributed by atoms with van der Waals surface area (Å²) in [6, 6.07) is 14.7. The van der Waals surface area contributed by atoms with Crippen LogP contribution >= 0.6 is 11.6 Å². The quantitative estimate of drug-likeness (QED) is 0.689. The third-order valence-corrected chi connectivity index (χ3v) is 7.80. The van der Waals surface area contributed by atoms with Gasteiger partial charge in [-0.3, -0.25) is 4.79 Å². The van der Waals surface area contributed by atoms with Crippen molar-refractivity contribution < 1.29 is 13.2 Å². The molecule has 1 amide bonds. The van der Waals surface area contributed by atoms with Gasteiger partial charge in [0, 0.05) is 30.6 Å². The molecule has 0 saturated carbocycles. The van der Waals surface area contributed by atoms with Crippen LogP contribution in [0.25, 0.3) is 0 Å². The monoisotopic (exact) mass is 448 g/mol. The van der Waals surface area contributed by atoms with Crippen LogP contribution in [-0.2, 0) is 21.2 Å². The Bertz CT molecular complexity index is 949. The molecule has 0 aromatic heterocycles. The van der Waals surface area contributed by atoms with Crippen LogP contribution in [-0.4, -0.2) is 38.3 Å². The summed E-state index contributed by atoms with van der Waals surface area (Å²) in [6.07, 6.45) is 1.81. The molecular weight excluding hydrogens is 420 g/mol. The summed E-state index contributed by atoms with van der Waals surface area (Å²) < 4.78 is 27.3. The molecule has 2 aromatic carbocycles. The first-order chi connectivity index (χ1) is 14.3. The average molecular weight is 449 g/mol. The van der Waals surface area contributed by atoms with Crippen molar-refractivity contribution in [3.8, 4) is 0 Å². The number of hydrogen-bond acceptors (Lipinski definition) is 3. The molecule has 0 bridgehead atoms. The number of benzene rings is 2. The minimum absolute atomic E-state index is 0.00213. The molecule has 1 aliphatic rings. The molecule has 0 radical (unpaired) electrons.